The lowest BCUT2D eigenvalue weighted by Crippen LogP contribution is -2.05. The van der Waals surface area contributed by atoms with E-state index in [4.69, 9.17) is 13.9 Å². The van der Waals surface area contributed by atoms with E-state index in [2.05, 4.69) is 0 Å². The Morgan fingerprint density at radius 3 is 2.35 bits per heavy atom. The Labute approximate surface area is 131 Å². The molecular formula is C17H14O6. The fourth-order valence-corrected chi connectivity index (χ4v) is 2.39. The van der Waals surface area contributed by atoms with Crippen molar-refractivity contribution in [3.63, 3.8) is 0 Å². The molecule has 2 N–H and O–H groups in total. The zero-order valence-corrected chi connectivity index (χ0v) is 12.5. The van der Waals surface area contributed by atoms with E-state index in [1.54, 1.807) is 0 Å². The lowest BCUT2D eigenvalue weighted by Gasteiger charge is -2.11. The highest BCUT2D eigenvalue weighted by Crippen LogP contribution is 2.38. The highest BCUT2D eigenvalue weighted by molar-refractivity contribution is 5.84. The third-order valence-electron chi connectivity index (χ3n) is 3.55. The van der Waals surface area contributed by atoms with Crippen LogP contribution in [0.25, 0.3) is 22.1 Å². The SMILES string of the molecule is COc1cc(O)c(-c2coc3cc(O)ccc3c2=O)cc1OC. The molecule has 0 radical (unpaired) electrons. The summed E-state index contributed by atoms with van der Waals surface area (Å²) in [5.74, 6) is 0.602. The Bertz CT molecular complexity index is 942. The van der Waals surface area contributed by atoms with Gasteiger partial charge in [0.25, 0.3) is 0 Å². The summed E-state index contributed by atoms with van der Waals surface area (Å²) in [7, 11) is 2.91. The van der Waals surface area contributed by atoms with Gasteiger partial charge in [0.15, 0.2) is 11.5 Å². The molecule has 0 saturated heterocycles. The lowest BCUT2D eigenvalue weighted by molar-refractivity contribution is 0.352. The van der Waals surface area contributed by atoms with Crippen LogP contribution in [0.2, 0.25) is 0 Å². The molecule has 6 nitrogen and oxygen atoms in total. The van der Waals surface area contributed by atoms with Gasteiger partial charge in [0.2, 0.25) is 5.43 Å². The lowest BCUT2D eigenvalue weighted by atomic mass is 10.0. The van der Waals surface area contributed by atoms with Crippen LogP contribution in [-0.4, -0.2) is 24.4 Å². The summed E-state index contributed by atoms with van der Waals surface area (Å²) in [5.41, 5.74) is 0.389. The first-order valence-electron chi connectivity index (χ1n) is 6.75. The summed E-state index contributed by atoms with van der Waals surface area (Å²) >= 11 is 0. The molecule has 0 bridgehead atoms. The third-order valence-corrected chi connectivity index (χ3v) is 3.55. The zero-order valence-electron chi connectivity index (χ0n) is 12.5. The molecule has 0 fully saturated rings. The number of phenolic OH excluding ortho intramolecular Hbond substituents is 2. The number of phenols is 2. The molecule has 6 heteroatoms. The minimum absolute atomic E-state index is 0.00219. The van der Waals surface area contributed by atoms with Crippen molar-refractivity contribution in [1.82, 2.24) is 0 Å². The maximum Gasteiger partial charge on any atom is 0.200 e. The quantitative estimate of drug-likeness (QED) is 0.772. The highest BCUT2D eigenvalue weighted by atomic mass is 16.5. The molecule has 23 heavy (non-hydrogen) atoms. The van der Waals surface area contributed by atoms with E-state index in [1.807, 2.05) is 0 Å². The van der Waals surface area contributed by atoms with Crippen molar-refractivity contribution in [2.45, 2.75) is 0 Å². The van der Waals surface area contributed by atoms with Crippen LogP contribution in [-0.2, 0) is 0 Å². The van der Waals surface area contributed by atoms with E-state index in [1.165, 1.54) is 50.8 Å². The smallest absolute Gasteiger partial charge is 0.200 e. The Kier molecular flexibility index (Phi) is 3.57. The van der Waals surface area contributed by atoms with Gasteiger partial charge in [-0.15, -0.1) is 0 Å². The minimum Gasteiger partial charge on any atom is -0.508 e. The number of ether oxygens (including phenoxy) is 2. The number of aromatic hydroxyl groups is 2. The van der Waals surface area contributed by atoms with Crippen LogP contribution in [0, 0.1) is 0 Å². The molecule has 0 unspecified atom stereocenters. The second-order valence-electron chi connectivity index (χ2n) is 4.88. The Balaban J connectivity index is 2.27. The first kappa shape index (κ1) is 14.8. The van der Waals surface area contributed by atoms with Gasteiger partial charge in [-0.1, -0.05) is 0 Å². The van der Waals surface area contributed by atoms with Crippen LogP contribution in [0.15, 0.2) is 45.8 Å². The van der Waals surface area contributed by atoms with Gasteiger partial charge in [-0.05, 0) is 18.2 Å². The molecule has 0 spiro atoms. The summed E-state index contributed by atoms with van der Waals surface area (Å²) in [6, 6.07) is 7.10. The Hall–Kier alpha value is -3.15. The molecule has 118 valence electrons. The Morgan fingerprint density at radius 2 is 1.65 bits per heavy atom. The van der Waals surface area contributed by atoms with Crippen molar-refractivity contribution in [2.75, 3.05) is 14.2 Å². The molecule has 3 aromatic rings. The van der Waals surface area contributed by atoms with Crippen LogP contribution >= 0.6 is 0 Å². The summed E-state index contributed by atoms with van der Waals surface area (Å²) < 4.78 is 15.7. The molecule has 0 atom stereocenters. The van der Waals surface area contributed by atoms with Crippen molar-refractivity contribution in [1.29, 1.82) is 0 Å². The molecule has 0 saturated carbocycles. The van der Waals surface area contributed by atoms with E-state index in [-0.39, 0.29) is 33.6 Å². The number of fused-ring (bicyclic) bond motifs is 1. The van der Waals surface area contributed by atoms with Crippen molar-refractivity contribution in [3.8, 4) is 34.1 Å². The zero-order chi connectivity index (χ0) is 16.6. The second kappa shape index (κ2) is 5.57. The van der Waals surface area contributed by atoms with Crippen LogP contribution in [0.4, 0.5) is 0 Å². The summed E-state index contributed by atoms with van der Waals surface area (Å²) in [6.07, 6.45) is 1.24. The standard InChI is InChI=1S/C17H14O6/c1-21-15-6-11(13(19)7-16(15)22-2)12-8-23-14-5-9(18)3-4-10(14)17(12)20/h3-8,18-19H,1-2H3. The topological polar surface area (TPSA) is 89.1 Å². The van der Waals surface area contributed by atoms with Crippen LogP contribution in [0.1, 0.15) is 0 Å². The molecule has 2 aromatic carbocycles. The number of benzene rings is 2. The molecule has 0 aliphatic carbocycles. The molecular weight excluding hydrogens is 300 g/mol. The van der Waals surface area contributed by atoms with Gasteiger partial charge in [0.1, 0.15) is 23.3 Å². The summed E-state index contributed by atoms with van der Waals surface area (Å²) in [5, 5.41) is 19.9. The van der Waals surface area contributed by atoms with Crippen molar-refractivity contribution >= 4 is 11.0 Å². The second-order valence-corrected chi connectivity index (χ2v) is 4.88. The molecule has 1 aromatic heterocycles. The average molecular weight is 314 g/mol. The van der Waals surface area contributed by atoms with Gasteiger partial charge in [-0.3, -0.25) is 4.79 Å². The molecule has 3 rings (SSSR count). The number of methoxy groups -OCH3 is 2. The van der Waals surface area contributed by atoms with E-state index < -0.39 is 0 Å². The molecule has 0 aliphatic heterocycles. The highest BCUT2D eigenvalue weighted by Gasteiger charge is 2.16. The van der Waals surface area contributed by atoms with Crippen molar-refractivity contribution < 1.29 is 24.1 Å². The first-order chi connectivity index (χ1) is 11.0. The van der Waals surface area contributed by atoms with Crippen LogP contribution in [0.5, 0.6) is 23.0 Å². The minimum atomic E-state index is -0.325. The number of hydrogen-bond acceptors (Lipinski definition) is 6. The van der Waals surface area contributed by atoms with E-state index in [0.717, 1.165) is 0 Å². The molecule has 0 amide bonds. The largest absolute Gasteiger partial charge is 0.508 e. The van der Waals surface area contributed by atoms with Gasteiger partial charge in [-0.25, -0.2) is 0 Å². The first-order valence-corrected chi connectivity index (χ1v) is 6.75. The Morgan fingerprint density at radius 1 is 0.957 bits per heavy atom. The summed E-state index contributed by atoms with van der Waals surface area (Å²) in [6.45, 7) is 0. The van der Waals surface area contributed by atoms with Crippen molar-refractivity contribution in [2.24, 2.45) is 0 Å². The molecule has 0 aliphatic rings. The number of rotatable bonds is 3. The fourth-order valence-electron chi connectivity index (χ4n) is 2.39. The normalized spacial score (nSPS) is 10.7. The van der Waals surface area contributed by atoms with E-state index >= 15 is 0 Å². The number of hydrogen-bond donors (Lipinski definition) is 2. The van der Waals surface area contributed by atoms with Gasteiger partial charge in [0, 0.05) is 17.7 Å². The maximum atomic E-state index is 12.6. The van der Waals surface area contributed by atoms with Gasteiger partial charge >= 0.3 is 0 Å². The van der Waals surface area contributed by atoms with E-state index in [0.29, 0.717) is 16.9 Å². The fraction of sp³-hybridized carbons (Fsp3) is 0.118. The van der Waals surface area contributed by atoms with E-state index in [9.17, 15) is 15.0 Å². The predicted molar refractivity (Wildman–Crippen MR) is 84.4 cm³/mol. The maximum absolute atomic E-state index is 12.6. The van der Waals surface area contributed by atoms with Gasteiger partial charge in [-0.2, -0.15) is 0 Å². The van der Waals surface area contributed by atoms with Gasteiger partial charge < -0.3 is 24.1 Å². The molecule has 1 heterocycles. The predicted octanol–water partition coefficient (Wildman–Crippen LogP) is 2.89. The van der Waals surface area contributed by atoms with Crippen LogP contribution in [0.3, 0.4) is 0 Å². The van der Waals surface area contributed by atoms with Gasteiger partial charge in [0.05, 0.1) is 25.2 Å². The summed E-state index contributed by atoms with van der Waals surface area (Å²) in [4.78, 5) is 12.6. The third kappa shape index (κ3) is 2.44. The average Bonchev–Trinajstić information content (AvgIpc) is 2.55. The van der Waals surface area contributed by atoms with Crippen LogP contribution < -0.4 is 14.9 Å². The monoisotopic (exact) mass is 314 g/mol. The van der Waals surface area contributed by atoms with Crippen molar-refractivity contribution in [3.05, 3.63) is 46.8 Å².